The third-order valence-corrected chi connectivity index (χ3v) is 15.8. The Morgan fingerprint density at radius 1 is 0.473 bits per heavy atom. The van der Waals surface area contributed by atoms with E-state index >= 15 is 0 Å². The number of methoxy groups -OCH3 is 1. The zero-order chi connectivity index (χ0) is 112. The molecule has 2 saturated carbocycles. The molecule has 0 aliphatic heterocycles. The molecule has 40 nitrogen and oxygen atoms in total. The van der Waals surface area contributed by atoms with Gasteiger partial charge in [0.15, 0.2) is 68.7 Å². The Morgan fingerprint density at radius 2 is 0.760 bits per heavy atom. The fourth-order valence-electron chi connectivity index (χ4n) is 9.46. The van der Waals surface area contributed by atoms with Gasteiger partial charge in [-0.25, -0.2) is 77.2 Å². The van der Waals surface area contributed by atoms with Crippen LogP contribution in [0.3, 0.4) is 0 Å². The van der Waals surface area contributed by atoms with Crippen LogP contribution in [0.2, 0.25) is 10.3 Å². The SMILES string of the molecule is C.C.CCO.CCOC(=O)CC(=O)OCC.COC(=O)c1cncc(C(F)(F)F)n1.FC(F)(F)c1cncc(-c2nc(Cl)cc(Cl)n2)n1.FC1(F)CCC(Nc2cc(NC3CCC(F)(F)CC3)nc(-c3cncc(C(F)(F)F)n3)n2)CC1.N.N#Cc1cncc(C(F)(F)F)n1.N=C(N)c1cncc(C(F)(F)F)n1.NC(=O)c1cncc(C(F)(F)F)n1.O.O=P(Cl)(Cl)Cl.O=P(Cl)(Cl)Cl.O=c1cc(O)nc(-c2cncc(C(F)(F)F)n2)[nH]1. The molecule has 2 aliphatic carbocycles. The second-order valence-electron chi connectivity index (χ2n) is 26.6. The molecule has 10 aromatic rings. The lowest BCUT2D eigenvalue weighted by Gasteiger charge is -2.30. The number of H-pyrrole nitrogens is 1. The summed E-state index contributed by atoms with van der Waals surface area (Å²) in [5, 5.41) is 31.4. The van der Waals surface area contributed by atoms with Gasteiger partial charge in [0.25, 0.3) is 11.5 Å². The van der Waals surface area contributed by atoms with E-state index < -0.39 is 158 Å². The minimum Gasteiger partial charge on any atom is -0.493 e. The highest BCUT2D eigenvalue weighted by atomic mass is 36.1. The number of rotatable bonds is 14. The van der Waals surface area contributed by atoms with Crippen LogP contribution in [0.1, 0.15) is 166 Å². The first-order valence-corrected chi connectivity index (χ1v) is 48.0. The molecule has 0 spiro atoms. The van der Waals surface area contributed by atoms with Crippen LogP contribution < -0.4 is 33.8 Å². The van der Waals surface area contributed by atoms with Crippen molar-refractivity contribution in [3.8, 4) is 46.5 Å². The normalized spacial score (nSPS) is 13.0. The van der Waals surface area contributed by atoms with Crippen molar-refractivity contribution >= 4 is 142 Å². The Balaban J connectivity index is -0.00000166. The van der Waals surface area contributed by atoms with Gasteiger partial charge in [0.05, 0.1) is 113 Å². The molecule has 0 atom stereocenters. The second-order valence-corrected chi connectivity index (χ2v) is 40.6. The minimum atomic E-state index is -4.72. The maximum absolute atomic E-state index is 13.5. The van der Waals surface area contributed by atoms with Crippen LogP contribution in [0.4, 0.5) is 121 Å². The van der Waals surface area contributed by atoms with Crippen LogP contribution in [0.25, 0.3) is 34.6 Å². The van der Waals surface area contributed by atoms with Crippen molar-refractivity contribution in [2.45, 2.75) is 161 Å². The Labute approximate surface area is 866 Å². The molecule has 0 aromatic carbocycles. The highest BCUT2D eigenvalue weighted by Crippen LogP contribution is 2.62. The van der Waals surface area contributed by atoms with Crippen molar-refractivity contribution < 1.29 is 168 Å². The van der Waals surface area contributed by atoms with E-state index in [9.17, 15) is 143 Å². The molecule has 15 N–H and O–H groups in total. The van der Waals surface area contributed by atoms with Gasteiger partial charge in [0, 0.05) is 56.5 Å². The first-order valence-electron chi connectivity index (χ1n) is 38.4. The average molecular weight is 2390 g/mol. The van der Waals surface area contributed by atoms with Crippen molar-refractivity contribution in [3.05, 3.63) is 188 Å². The second kappa shape index (κ2) is 63.8. The molecule has 832 valence electrons. The van der Waals surface area contributed by atoms with Gasteiger partial charge in [-0.3, -0.25) is 68.6 Å². The number of halogens is 33. The lowest BCUT2D eigenvalue weighted by atomic mass is 9.92. The van der Waals surface area contributed by atoms with Gasteiger partial charge in [0.1, 0.15) is 68.7 Å². The number of primary amides is 1. The number of nitrogens with one attached hydrogen (secondary N) is 4. The van der Waals surface area contributed by atoms with Crippen LogP contribution in [0, 0.1) is 16.7 Å². The summed E-state index contributed by atoms with van der Waals surface area (Å²) in [4.78, 5) is 121. The molecule has 2 fully saturated rings. The van der Waals surface area contributed by atoms with E-state index in [0.29, 0.717) is 43.4 Å². The van der Waals surface area contributed by atoms with E-state index in [1.165, 1.54) is 18.2 Å². The van der Waals surface area contributed by atoms with E-state index in [4.69, 9.17) is 55.6 Å². The van der Waals surface area contributed by atoms with Crippen molar-refractivity contribution in [1.82, 2.24) is 106 Å². The summed E-state index contributed by atoms with van der Waals surface area (Å²) < 4.78 is 344. The number of carbonyl (C=O) groups excluding carboxylic acids is 4. The third-order valence-electron chi connectivity index (χ3n) is 15.4. The van der Waals surface area contributed by atoms with Crippen LogP contribution >= 0.6 is 101 Å². The van der Waals surface area contributed by atoms with Crippen molar-refractivity contribution in [1.29, 1.82) is 10.7 Å². The van der Waals surface area contributed by atoms with E-state index in [2.05, 4.69) is 192 Å². The topological polar surface area (TPSA) is 639 Å². The number of nitriles is 1. The molecule has 0 bridgehead atoms. The Kier molecular flexibility index (Phi) is 60.3. The number of aromatic amines is 1. The van der Waals surface area contributed by atoms with Gasteiger partial charge in [0.2, 0.25) is 17.7 Å². The molecule has 10 aromatic heterocycles. The van der Waals surface area contributed by atoms with Crippen molar-refractivity contribution in [2.75, 3.05) is 37.6 Å². The van der Waals surface area contributed by atoms with Gasteiger partial charge in [-0.15, -0.1) is 0 Å². The number of carbonyl (C=O) groups is 4. The molecule has 2 aliphatic rings. The summed E-state index contributed by atoms with van der Waals surface area (Å²) in [5.74, 6) is -9.83. The number of esters is 3. The molecule has 10 heterocycles. The van der Waals surface area contributed by atoms with Crippen LogP contribution in [-0.4, -0.2) is 196 Å². The van der Waals surface area contributed by atoms with Gasteiger partial charge < -0.3 is 63.1 Å². The number of aliphatic hydroxyl groups excluding tert-OH is 1. The summed E-state index contributed by atoms with van der Waals surface area (Å²) in [6.45, 7) is 5.88. The fraction of sp³-hybridized carbons (Fsp3) is 0.387. The third kappa shape index (κ3) is 58.2. The maximum atomic E-state index is 13.5. The molecule has 1 amide bonds. The monoisotopic (exact) mass is 2380 g/mol. The number of aromatic nitrogens is 20. The van der Waals surface area contributed by atoms with Gasteiger partial charge >= 0.3 is 71.5 Å². The predicted molar refractivity (Wildman–Crippen MR) is 487 cm³/mol. The summed E-state index contributed by atoms with van der Waals surface area (Å²) >= 11 is 38.9. The number of nitrogens with zero attached hydrogens (tertiary/aromatic N) is 20. The number of anilines is 2. The number of aliphatic hydroxyl groups is 1. The molecular formula is C75H78Cl8F25N27O13P2. The number of nitrogens with two attached hydrogens (primary N) is 2. The summed E-state index contributed by atoms with van der Waals surface area (Å²) in [6.07, 6.45) is -22.1. The Bertz CT molecular complexity index is 5970. The van der Waals surface area contributed by atoms with Crippen LogP contribution in [0.15, 0.2) is 110 Å². The fourth-order valence-corrected chi connectivity index (χ4v) is 9.88. The van der Waals surface area contributed by atoms with Crippen molar-refractivity contribution in [3.63, 3.8) is 0 Å². The molecule has 150 heavy (non-hydrogen) atoms. The molecule has 0 saturated heterocycles. The zero-order valence-corrected chi connectivity index (χ0v) is 81.9. The van der Waals surface area contributed by atoms with Crippen molar-refractivity contribution in [2.24, 2.45) is 11.5 Å². The average Bonchev–Trinajstić information content (AvgIpc) is 0.797. The van der Waals surface area contributed by atoms with Gasteiger partial charge in [-0.05, 0) is 114 Å². The van der Waals surface area contributed by atoms with E-state index in [-0.39, 0.29) is 184 Å². The Hall–Kier alpha value is -12.3. The number of amides is 1. The summed E-state index contributed by atoms with van der Waals surface area (Å²) in [5.41, 5.74) is -1.67. The van der Waals surface area contributed by atoms with E-state index in [1.807, 2.05) is 0 Å². The lowest BCUT2D eigenvalue weighted by Crippen LogP contribution is -2.33. The van der Waals surface area contributed by atoms with Gasteiger partial charge in [-0.2, -0.15) is 102 Å². The highest BCUT2D eigenvalue weighted by Gasteiger charge is 2.41. The standard InChI is InChI=1S/C21H23F7N6.C9H3Cl2F3N4.C9H5F3N4O2.C7H5F3N2O2.C7H12O4.C6H5F3N4.C6H4F3N3O.C6H2F3N3.C2H6O.2CH4.2Cl3OP.H3N.H2O/c22-19(23)5-1-12(2-6-19)30-16-9-17(31-13-3-7-20(24,25)8-4-13)34-18(33-16)14-10-29-11-15(32-14)21(26,27)28;10-6-1-7(11)18-8(17-6)4-2-15-3-5(16-4)9(12,13)14;10-9(11,12)5-3-13-2-4(14-5)8-15-6(17)1-7(18)16-8;1-14-6(13)4-2-11-3-5(12-4)7(8,9)10;1-3-10-6(8)5-7(9)11-4-2;7-6(8,9)4-2-12-1-3(13-4)5(10)11;7-6(8,9)4-2-11-1-3(12-4)5(10)13;7-6(8,9)5-3-11-2-4(1-10)12-5;1-2-3;;;2*1-5(2,3)4;;/h9-13H,1-8H2,(H2,30,31,33,34);1-3H;1-3H,(H2,15,16,17,18);2-3H,1H3;3-5H2,1-2H3;1-2H,(H3,10,11);1-2H,(H2,10,13);2-3H;3H,2H2,1H3;2*1H4;;;1H3;1H2. The maximum Gasteiger partial charge on any atom is 0.434 e. The smallest absolute Gasteiger partial charge is 0.434 e. The molecule has 0 unspecified atom stereocenters. The quantitative estimate of drug-likeness (QED) is 0.00713. The minimum absolute atomic E-state index is 0. The number of ether oxygens (including phenoxy) is 3. The van der Waals surface area contributed by atoms with Crippen LogP contribution in [-0.2, 0) is 76.2 Å². The highest BCUT2D eigenvalue weighted by molar-refractivity contribution is 8.25. The molecule has 12 rings (SSSR count). The number of aromatic hydroxyl groups is 1. The largest absolute Gasteiger partial charge is 0.493 e. The number of nitrogen functional groups attached to an aromatic ring is 1. The molecule has 75 heteroatoms. The van der Waals surface area contributed by atoms with E-state index in [1.54, 1.807) is 20.8 Å². The Morgan fingerprint density at radius 3 is 1.07 bits per heavy atom. The first-order chi connectivity index (χ1) is 67.0. The van der Waals surface area contributed by atoms with E-state index in [0.717, 1.165) is 56.6 Å². The van der Waals surface area contributed by atoms with Crippen LogP contribution in [0.5, 0.6) is 5.88 Å². The van der Waals surface area contributed by atoms with Gasteiger partial charge in [-0.1, -0.05) is 38.1 Å². The number of hydrogen-bond acceptors (Lipinski definition) is 36. The predicted octanol–water partition coefficient (Wildman–Crippen LogP) is 20.9. The molecular weight excluding hydrogens is 2310 g/mol. The first kappa shape index (κ1) is 142. The number of hydrogen-bond donors (Lipinski definition) is 9. The number of amidine groups is 1. The molecule has 0 radical (unpaired) electrons. The summed E-state index contributed by atoms with van der Waals surface area (Å²) in [6, 6.07) is 4.38. The zero-order valence-electron chi connectivity index (χ0n) is 74.1. The lowest BCUT2D eigenvalue weighted by molar-refractivity contribution is -0.154. The number of alkyl halides is 25. The summed E-state index contributed by atoms with van der Waals surface area (Å²) in [7, 11) is 1.05.